The molecule has 1 atom stereocenters. The fourth-order valence-electron chi connectivity index (χ4n) is 2.43. The number of nitrogens with zero attached hydrogens (tertiary/aromatic N) is 1. The minimum atomic E-state index is 0.138. The Labute approximate surface area is 96.0 Å². The number of fused-ring (bicyclic) bond motifs is 1. The molecule has 0 fully saturated rings. The van der Waals surface area contributed by atoms with Gasteiger partial charge in [0.15, 0.2) is 0 Å². The summed E-state index contributed by atoms with van der Waals surface area (Å²) in [7, 11) is 1.71. The maximum atomic E-state index is 12.0. The minimum absolute atomic E-state index is 0.138. The number of ether oxygens (including phenoxy) is 1. The molecule has 0 amide bonds. The Balaban J connectivity index is 2.58. The second kappa shape index (κ2) is 4.06. The van der Waals surface area contributed by atoms with Crippen LogP contribution in [-0.2, 0) is 17.7 Å². The van der Waals surface area contributed by atoms with E-state index >= 15 is 0 Å². The van der Waals surface area contributed by atoms with E-state index in [0.717, 1.165) is 17.7 Å². The number of aryl methyl sites for hydroxylation is 1. The standard InChI is InChI=1S/C13H19NO2/c1-8(2)11-5-9(3)13(15)14-7-10(16-4)6-12(11)14/h5,8,10H,6-7H2,1-4H3. The molecule has 0 saturated carbocycles. The first-order valence-corrected chi connectivity index (χ1v) is 5.80. The zero-order valence-corrected chi connectivity index (χ0v) is 10.4. The van der Waals surface area contributed by atoms with Crippen LogP contribution in [0.4, 0.5) is 0 Å². The molecular weight excluding hydrogens is 202 g/mol. The molecule has 1 aromatic heterocycles. The van der Waals surface area contributed by atoms with Gasteiger partial charge in [0, 0.05) is 24.8 Å². The van der Waals surface area contributed by atoms with Crippen molar-refractivity contribution in [3.63, 3.8) is 0 Å². The summed E-state index contributed by atoms with van der Waals surface area (Å²) in [6, 6.07) is 2.04. The maximum Gasteiger partial charge on any atom is 0.253 e. The van der Waals surface area contributed by atoms with E-state index in [0.29, 0.717) is 12.5 Å². The summed E-state index contributed by atoms with van der Waals surface area (Å²) >= 11 is 0. The molecule has 2 rings (SSSR count). The van der Waals surface area contributed by atoms with Crippen LogP contribution in [0.2, 0.25) is 0 Å². The van der Waals surface area contributed by atoms with Gasteiger partial charge in [0.1, 0.15) is 0 Å². The van der Waals surface area contributed by atoms with Gasteiger partial charge in [-0.05, 0) is 24.5 Å². The average Bonchev–Trinajstić information content (AvgIpc) is 2.67. The Morgan fingerprint density at radius 2 is 2.19 bits per heavy atom. The van der Waals surface area contributed by atoms with E-state index in [4.69, 9.17) is 4.74 Å². The molecule has 3 heteroatoms. The molecular formula is C13H19NO2. The van der Waals surface area contributed by atoms with Gasteiger partial charge in [-0.25, -0.2) is 0 Å². The first-order chi connectivity index (χ1) is 7.54. The van der Waals surface area contributed by atoms with Gasteiger partial charge in [0.2, 0.25) is 0 Å². The van der Waals surface area contributed by atoms with E-state index in [2.05, 4.69) is 13.8 Å². The van der Waals surface area contributed by atoms with E-state index in [1.54, 1.807) is 7.11 Å². The Morgan fingerprint density at radius 3 is 2.75 bits per heavy atom. The number of methoxy groups -OCH3 is 1. The molecule has 16 heavy (non-hydrogen) atoms. The van der Waals surface area contributed by atoms with Crippen LogP contribution in [-0.4, -0.2) is 17.8 Å². The third-order valence-electron chi connectivity index (χ3n) is 3.38. The van der Waals surface area contributed by atoms with Crippen LogP contribution in [0.3, 0.4) is 0 Å². The molecule has 0 radical (unpaired) electrons. The minimum Gasteiger partial charge on any atom is -0.379 e. The van der Waals surface area contributed by atoms with Crippen LogP contribution in [0.1, 0.15) is 36.6 Å². The second-order valence-corrected chi connectivity index (χ2v) is 4.86. The summed E-state index contributed by atoms with van der Waals surface area (Å²) in [6.07, 6.45) is 1.02. The quantitative estimate of drug-likeness (QED) is 0.763. The molecule has 0 saturated heterocycles. The predicted molar refractivity (Wildman–Crippen MR) is 64.0 cm³/mol. The molecule has 1 aromatic rings. The zero-order valence-electron chi connectivity index (χ0n) is 10.4. The number of hydrogen-bond acceptors (Lipinski definition) is 2. The van der Waals surface area contributed by atoms with Gasteiger partial charge in [0.25, 0.3) is 5.56 Å². The molecule has 0 spiro atoms. The highest BCUT2D eigenvalue weighted by Crippen LogP contribution is 2.25. The first-order valence-electron chi connectivity index (χ1n) is 5.80. The van der Waals surface area contributed by atoms with Crippen molar-refractivity contribution >= 4 is 0 Å². The third-order valence-corrected chi connectivity index (χ3v) is 3.38. The Kier molecular flexibility index (Phi) is 2.89. The van der Waals surface area contributed by atoms with Gasteiger partial charge in [0.05, 0.1) is 12.6 Å². The van der Waals surface area contributed by atoms with Crippen LogP contribution in [0, 0.1) is 6.92 Å². The van der Waals surface area contributed by atoms with Gasteiger partial charge >= 0.3 is 0 Å². The van der Waals surface area contributed by atoms with Crippen molar-refractivity contribution in [3.8, 4) is 0 Å². The van der Waals surface area contributed by atoms with Crippen molar-refractivity contribution in [1.29, 1.82) is 0 Å². The van der Waals surface area contributed by atoms with Gasteiger partial charge in [-0.15, -0.1) is 0 Å². The molecule has 1 aliphatic rings. The Bertz CT molecular complexity index is 460. The highest BCUT2D eigenvalue weighted by atomic mass is 16.5. The van der Waals surface area contributed by atoms with Crippen molar-refractivity contribution in [2.75, 3.05) is 7.11 Å². The molecule has 88 valence electrons. The van der Waals surface area contributed by atoms with Gasteiger partial charge in [-0.1, -0.05) is 13.8 Å². The lowest BCUT2D eigenvalue weighted by Crippen LogP contribution is -2.24. The molecule has 3 nitrogen and oxygen atoms in total. The second-order valence-electron chi connectivity index (χ2n) is 4.86. The highest BCUT2D eigenvalue weighted by Gasteiger charge is 2.26. The molecule has 0 bridgehead atoms. The molecule has 0 N–H and O–H groups in total. The zero-order chi connectivity index (χ0) is 11.9. The van der Waals surface area contributed by atoms with Crippen LogP contribution < -0.4 is 5.56 Å². The lowest BCUT2D eigenvalue weighted by Gasteiger charge is -2.13. The van der Waals surface area contributed by atoms with Crippen LogP contribution >= 0.6 is 0 Å². The summed E-state index contributed by atoms with van der Waals surface area (Å²) in [5.74, 6) is 0.455. The fourth-order valence-corrected chi connectivity index (χ4v) is 2.43. The molecule has 2 heterocycles. The summed E-state index contributed by atoms with van der Waals surface area (Å²) in [6.45, 7) is 6.92. The van der Waals surface area contributed by atoms with Gasteiger partial charge in [-0.3, -0.25) is 4.79 Å². The summed E-state index contributed by atoms with van der Waals surface area (Å²) in [4.78, 5) is 12.0. The van der Waals surface area contributed by atoms with Crippen molar-refractivity contribution in [3.05, 3.63) is 33.2 Å². The highest BCUT2D eigenvalue weighted by molar-refractivity contribution is 5.31. The van der Waals surface area contributed by atoms with Gasteiger partial charge in [-0.2, -0.15) is 0 Å². The number of aromatic nitrogens is 1. The van der Waals surface area contributed by atoms with E-state index in [-0.39, 0.29) is 11.7 Å². The van der Waals surface area contributed by atoms with Crippen LogP contribution in [0.5, 0.6) is 0 Å². The summed E-state index contributed by atoms with van der Waals surface area (Å²) in [5, 5.41) is 0. The van der Waals surface area contributed by atoms with Crippen molar-refractivity contribution in [2.24, 2.45) is 0 Å². The Hall–Kier alpha value is -1.09. The van der Waals surface area contributed by atoms with Crippen molar-refractivity contribution in [2.45, 2.75) is 45.8 Å². The normalized spacial score (nSPS) is 19.2. The SMILES string of the molecule is COC1Cc2c(C(C)C)cc(C)c(=O)n2C1. The topological polar surface area (TPSA) is 31.2 Å². The number of hydrogen-bond donors (Lipinski definition) is 0. The van der Waals surface area contributed by atoms with Gasteiger partial charge < -0.3 is 9.30 Å². The lowest BCUT2D eigenvalue weighted by atomic mass is 9.98. The molecule has 1 unspecified atom stereocenters. The molecule has 1 aliphatic heterocycles. The first kappa shape index (κ1) is 11.4. The lowest BCUT2D eigenvalue weighted by molar-refractivity contribution is 0.103. The maximum absolute atomic E-state index is 12.0. The van der Waals surface area contributed by atoms with Crippen LogP contribution in [0.15, 0.2) is 10.9 Å². The van der Waals surface area contributed by atoms with E-state index in [1.165, 1.54) is 5.56 Å². The van der Waals surface area contributed by atoms with E-state index in [1.807, 2.05) is 17.6 Å². The number of pyridine rings is 1. The fraction of sp³-hybridized carbons (Fsp3) is 0.615. The summed E-state index contributed by atoms with van der Waals surface area (Å²) in [5.41, 5.74) is 3.43. The largest absolute Gasteiger partial charge is 0.379 e. The Morgan fingerprint density at radius 1 is 1.50 bits per heavy atom. The predicted octanol–water partition coefficient (Wildman–Crippen LogP) is 1.85. The average molecular weight is 221 g/mol. The summed E-state index contributed by atoms with van der Waals surface area (Å²) < 4.78 is 7.25. The monoisotopic (exact) mass is 221 g/mol. The van der Waals surface area contributed by atoms with Crippen LogP contribution in [0.25, 0.3) is 0 Å². The van der Waals surface area contributed by atoms with E-state index < -0.39 is 0 Å². The van der Waals surface area contributed by atoms with E-state index in [9.17, 15) is 4.79 Å². The molecule has 0 aliphatic carbocycles. The van der Waals surface area contributed by atoms with Crippen molar-refractivity contribution < 1.29 is 4.74 Å². The third kappa shape index (κ3) is 1.69. The number of rotatable bonds is 2. The smallest absolute Gasteiger partial charge is 0.253 e. The molecule has 0 aromatic carbocycles. The van der Waals surface area contributed by atoms with Crippen molar-refractivity contribution in [1.82, 2.24) is 4.57 Å².